The second kappa shape index (κ2) is 9.19. The third kappa shape index (κ3) is 5.44. The summed E-state index contributed by atoms with van der Waals surface area (Å²) in [6.45, 7) is 4.39. The molecule has 0 aliphatic carbocycles. The molecule has 6 nitrogen and oxygen atoms in total. The van der Waals surface area contributed by atoms with Crippen molar-refractivity contribution in [2.75, 3.05) is 5.43 Å². The van der Waals surface area contributed by atoms with E-state index < -0.39 is 0 Å². The smallest absolute Gasteiger partial charge is 0.252 e. The molecule has 2 aromatic carbocycles. The van der Waals surface area contributed by atoms with E-state index in [2.05, 4.69) is 20.5 Å². The maximum atomic E-state index is 11.7. The number of anilines is 1. The van der Waals surface area contributed by atoms with Gasteiger partial charge in [-0.2, -0.15) is 5.10 Å². The first-order valence-electron chi connectivity index (χ1n) is 8.88. The lowest BCUT2D eigenvalue weighted by Gasteiger charge is -2.08. The quantitative estimate of drug-likeness (QED) is 0.452. The van der Waals surface area contributed by atoms with Gasteiger partial charge in [-0.15, -0.1) is 0 Å². The molecular formula is C21H21ClN4O2. The van der Waals surface area contributed by atoms with Gasteiger partial charge in [-0.1, -0.05) is 55.8 Å². The number of aromatic amines is 1. The van der Waals surface area contributed by atoms with Gasteiger partial charge >= 0.3 is 0 Å². The number of hydrazone groups is 1. The molecule has 0 fully saturated rings. The molecule has 0 bridgehead atoms. The van der Waals surface area contributed by atoms with Crippen LogP contribution >= 0.6 is 11.6 Å². The lowest BCUT2D eigenvalue weighted by Crippen LogP contribution is -2.12. The van der Waals surface area contributed by atoms with E-state index in [1.807, 2.05) is 50.2 Å². The zero-order chi connectivity index (χ0) is 19.9. The number of hydrogen-bond donors (Lipinski definition) is 2. The number of rotatable bonds is 7. The van der Waals surface area contributed by atoms with Crippen LogP contribution < -0.4 is 15.7 Å². The topological polar surface area (TPSA) is 79.4 Å². The van der Waals surface area contributed by atoms with E-state index in [4.69, 9.17) is 16.3 Å². The second-order valence-corrected chi connectivity index (χ2v) is 6.91. The minimum Gasteiger partial charge on any atom is -0.487 e. The van der Waals surface area contributed by atoms with Crippen molar-refractivity contribution in [3.63, 3.8) is 0 Å². The number of nitrogens with one attached hydrogen (secondary N) is 2. The highest BCUT2D eigenvalue weighted by atomic mass is 35.5. The monoisotopic (exact) mass is 396 g/mol. The number of ether oxygens (including phenoxy) is 1. The van der Waals surface area contributed by atoms with Gasteiger partial charge < -0.3 is 4.74 Å². The molecule has 0 spiro atoms. The van der Waals surface area contributed by atoms with E-state index in [-0.39, 0.29) is 11.5 Å². The Morgan fingerprint density at radius 2 is 2.00 bits per heavy atom. The van der Waals surface area contributed by atoms with Gasteiger partial charge in [0, 0.05) is 6.07 Å². The van der Waals surface area contributed by atoms with E-state index in [1.165, 1.54) is 6.07 Å². The Bertz CT molecular complexity index is 1020. The molecule has 0 aliphatic rings. The van der Waals surface area contributed by atoms with Crippen molar-refractivity contribution in [3.8, 4) is 5.75 Å². The number of halogens is 1. The van der Waals surface area contributed by atoms with E-state index >= 15 is 0 Å². The Morgan fingerprint density at radius 3 is 2.71 bits per heavy atom. The average molecular weight is 397 g/mol. The van der Waals surface area contributed by atoms with Crippen LogP contribution in [0, 0.1) is 0 Å². The van der Waals surface area contributed by atoms with Crippen LogP contribution in [0.1, 0.15) is 36.6 Å². The lowest BCUT2D eigenvalue weighted by molar-refractivity contribution is 0.306. The van der Waals surface area contributed by atoms with Crippen LogP contribution in [0.4, 0.5) is 5.95 Å². The van der Waals surface area contributed by atoms with Gasteiger partial charge in [0.15, 0.2) is 0 Å². The van der Waals surface area contributed by atoms with Crippen LogP contribution in [-0.4, -0.2) is 16.2 Å². The van der Waals surface area contributed by atoms with Crippen LogP contribution in [-0.2, 0) is 6.61 Å². The summed E-state index contributed by atoms with van der Waals surface area (Å²) in [6.07, 6.45) is 1.59. The second-order valence-electron chi connectivity index (χ2n) is 6.51. The standard InChI is InChI=1S/C21H21ClN4O2/c1-14(2)18-11-20(27)25-21(24-18)26-23-12-16-8-9-19(17(22)10-16)28-13-15-6-4-3-5-7-15/h3-12,14H,13H2,1-2H3,(H2,24,25,26,27)/b23-12-. The van der Waals surface area contributed by atoms with Crippen molar-refractivity contribution >= 4 is 23.8 Å². The summed E-state index contributed by atoms with van der Waals surface area (Å²) in [5.74, 6) is 1.04. The van der Waals surface area contributed by atoms with Gasteiger partial charge in [0.25, 0.3) is 5.56 Å². The van der Waals surface area contributed by atoms with Crippen molar-refractivity contribution in [1.29, 1.82) is 0 Å². The fourth-order valence-electron chi connectivity index (χ4n) is 2.44. The summed E-state index contributed by atoms with van der Waals surface area (Å²) in [5, 5.41) is 4.60. The number of aromatic nitrogens is 2. The molecular weight excluding hydrogens is 376 g/mol. The van der Waals surface area contributed by atoms with E-state index in [0.717, 1.165) is 11.1 Å². The van der Waals surface area contributed by atoms with Crippen molar-refractivity contribution in [2.24, 2.45) is 5.10 Å². The highest BCUT2D eigenvalue weighted by molar-refractivity contribution is 6.32. The predicted octanol–water partition coefficient (Wildman–Crippen LogP) is 4.57. The normalized spacial score (nSPS) is 11.1. The Balaban J connectivity index is 1.63. The molecule has 0 radical (unpaired) electrons. The largest absolute Gasteiger partial charge is 0.487 e. The Labute approximate surface area is 168 Å². The summed E-state index contributed by atoms with van der Waals surface area (Å²) in [6, 6.07) is 16.8. The first kappa shape index (κ1) is 19.6. The van der Waals surface area contributed by atoms with Crippen LogP contribution in [0.5, 0.6) is 5.75 Å². The summed E-state index contributed by atoms with van der Waals surface area (Å²) >= 11 is 6.30. The molecule has 0 unspecified atom stereocenters. The summed E-state index contributed by atoms with van der Waals surface area (Å²) < 4.78 is 5.76. The van der Waals surface area contributed by atoms with Crippen LogP contribution in [0.25, 0.3) is 0 Å². The molecule has 7 heteroatoms. The van der Waals surface area contributed by atoms with Crippen molar-refractivity contribution in [2.45, 2.75) is 26.4 Å². The Morgan fingerprint density at radius 1 is 1.21 bits per heavy atom. The molecule has 3 aromatic rings. The van der Waals surface area contributed by atoms with Gasteiger partial charge in [-0.25, -0.2) is 10.4 Å². The molecule has 144 valence electrons. The summed E-state index contributed by atoms with van der Waals surface area (Å²) in [4.78, 5) is 18.6. The van der Waals surface area contributed by atoms with Gasteiger partial charge in [0.2, 0.25) is 5.95 Å². The molecule has 0 saturated heterocycles. The SMILES string of the molecule is CC(C)c1cc(=O)[nH]c(N/N=C\c2ccc(OCc3ccccc3)c(Cl)c2)n1. The minimum atomic E-state index is -0.223. The Kier molecular flexibility index (Phi) is 6.45. The molecule has 0 atom stereocenters. The highest BCUT2D eigenvalue weighted by Gasteiger charge is 2.05. The lowest BCUT2D eigenvalue weighted by atomic mass is 10.1. The first-order valence-corrected chi connectivity index (χ1v) is 9.25. The van der Waals surface area contributed by atoms with Crippen LogP contribution in [0.2, 0.25) is 5.02 Å². The highest BCUT2D eigenvalue weighted by Crippen LogP contribution is 2.25. The number of H-pyrrole nitrogens is 1. The van der Waals surface area contributed by atoms with Crippen LogP contribution in [0.3, 0.4) is 0 Å². The van der Waals surface area contributed by atoms with E-state index in [0.29, 0.717) is 29.0 Å². The van der Waals surface area contributed by atoms with Gasteiger partial charge in [-0.3, -0.25) is 9.78 Å². The fourth-order valence-corrected chi connectivity index (χ4v) is 2.69. The molecule has 0 amide bonds. The van der Waals surface area contributed by atoms with Crippen LogP contribution in [0.15, 0.2) is 64.5 Å². The van der Waals surface area contributed by atoms with Gasteiger partial charge in [-0.05, 0) is 35.2 Å². The zero-order valence-electron chi connectivity index (χ0n) is 15.6. The minimum absolute atomic E-state index is 0.147. The van der Waals surface area contributed by atoms with E-state index in [9.17, 15) is 4.79 Å². The Hall–Kier alpha value is -3.12. The molecule has 2 N–H and O–H groups in total. The summed E-state index contributed by atoms with van der Waals surface area (Å²) in [5.41, 5.74) is 5.07. The first-order chi connectivity index (χ1) is 13.5. The van der Waals surface area contributed by atoms with Gasteiger partial charge in [0.1, 0.15) is 12.4 Å². The molecule has 28 heavy (non-hydrogen) atoms. The number of benzene rings is 2. The molecule has 0 saturated carbocycles. The molecule has 0 aliphatic heterocycles. The number of hydrogen-bond acceptors (Lipinski definition) is 5. The van der Waals surface area contributed by atoms with Crippen molar-refractivity contribution < 1.29 is 4.74 Å². The van der Waals surface area contributed by atoms with Crippen molar-refractivity contribution in [1.82, 2.24) is 9.97 Å². The third-order valence-corrected chi connectivity index (χ3v) is 4.23. The fraction of sp³-hybridized carbons (Fsp3) is 0.190. The maximum Gasteiger partial charge on any atom is 0.252 e. The number of nitrogens with zero attached hydrogens (tertiary/aromatic N) is 2. The van der Waals surface area contributed by atoms with E-state index in [1.54, 1.807) is 18.3 Å². The third-order valence-electron chi connectivity index (χ3n) is 3.93. The van der Waals surface area contributed by atoms with Gasteiger partial charge in [0.05, 0.1) is 16.9 Å². The predicted molar refractivity (Wildman–Crippen MR) is 112 cm³/mol. The molecule has 1 aromatic heterocycles. The molecule has 3 rings (SSSR count). The maximum absolute atomic E-state index is 11.7. The zero-order valence-corrected chi connectivity index (χ0v) is 16.4. The summed E-state index contributed by atoms with van der Waals surface area (Å²) in [7, 11) is 0. The average Bonchev–Trinajstić information content (AvgIpc) is 2.68. The van der Waals surface area contributed by atoms with Crippen molar-refractivity contribution in [3.05, 3.63) is 86.8 Å². The molecule has 1 heterocycles.